The van der Waals surface area contributed by atoms with Crippen LogP contribution in [0.15, 0.2) is 47.3 Å². The normalized spacial score (nSPS) is 19.1. The van der Waals surface area contributed by atoms with Gasteiger partial charge in [-0.2, -0.15) is 0 Å². The Balaban J connectivity index is 1.46. The van der Waals surface area contributed by atoms with Crippen LogP contribution in [0, 0.1) is 20.8 Å². The molecule has 7 heteroatoms. The van der Waals surface area contributed by atoms with Crippen molar-refractivity contribution >= 4 is 11.6 Å². The van der Waals surface area contributed by atoms with Crippen LogP contribution in [0.25, 0.3) is 11.1 Å². The Morgan fingerprint density at radius 2 is 1.58 bits per heavy atom. The molecule has 2 fully saturated rings. The van der Waals surface area contributed by atoms with E-state index in [4.69, 9.17) is 0 Å². The van der Waals surface area contributed by atoms with Crippen molar-refractivity contribution in [2.24, 2.45) is 0 Å². The van der Waals surface area contributed by atoms with Crippen LogP contribution < -0.4 is 15.8 Å². The molecule has 1 amide bonds. The zero-order chi connectivity index (χ0) is 32.1. The number of aryl methyl sites for hydroxylation is 2. The number of pyridine rings is 1. The number of hydrogen-bond donors (Lipinski definition) is 2. The summed E-state index contributed by atoms with van der Waals surface area (Å²) in [5.74, 6) is -0.149. The molecule has 2 heterocycles. The molecule has 0 spiro atoms. The van der Waals surface area contributed by atoms with Crippen molar-refractivity contribution in [3.05, 3.63) is 86.3 Å². The lowest BCUT2D eigenvalue weighted by Gasteiger charge is -2.40. The van der Waals surface area contributed by atoms with Gasteiger partial charge in [0.2, 0.25) is 0 Å². The molecular weight excluding hydrogens is 558 g/mol. The summed E-state index contributed by atoms with van der Waals surface area (Å²) in [6, 6.07) is 16.3. The average Bonchev–Trinajstić information content (AvgIpc) is 3.02. The van der Waals surface area contributed by atoms with Gasteiger partial charge < -0.3 is 20.1 Å². The van der Waals surface area contributed by atoms with Crippen molar-refractivity contribution in [2.75, 3.05) is 38.6 Å². The van der Waals surface area contributed by atoms with Gasteiger partial charge in [-0.3, -0.25) is 14.5 Å². The maximum absolute atomic E-state index is 13.9. The van der Waals surface area contributed by atoms with E-state index >= 15 is 0 Å². The van der Waals surface area contributed by atoms with Crippen LogP contribution >= 0.6 is 0 Å². The number of H-pyrrole nitrogens is 1. The Kier molecular flexibility index (Phi) is 10.8. The van der Waals surface area contributed by atoms with Gasteiger partial charge in [-0.25, -0.2) is 0 Å². The zero-order valence-corrected chi connectivity index (χ0v) is 28.3. The summed E-state index contributed by atoms with van der Waals surface area (Å²) < 4.78 is 0. The molecule has 0 unspecified atom stereocenters. The van der Waals surface area contributed by atoms with Crippen molar-refractivity contribution in [1.82, 2.24) is 20.1 Å². The number of rotatable bonds is 10. The van der Waals surface area contributed by atoms with Gasteiger partial charge in [0.25, 0.3) is 11.5 Å². The van der Waals surface area contributed by atoms with Crippen LogP contribution in [-0.4, -0.2) is 66.5 Å². The summed E-state index contributed by atoms with van der Waals surface area (Å²) in [6.45, 7) is 12.5. The number of benzene rings is 2. The Bertz CT molecular complexity index is 1510. The third-order valence-electron chi connectivity index (χ3n) is 10.2. The van der Waals surface area contributed by atoms with E-state index in [-0.39, 0.29) is 18.0 Å². The van der Waals surface area contributed by atoms with Crippen molar-refractivity contribution < 1.29 is 4.79 Å². The number of aromatic nitrogens is 1. The van der Waals surface area contributed by atoms with Crippen LogP contribution in [0.3, 0.4) is 0 Å². The molecule has 242 valence electrons. The van der Waals surface area contributed by atoms with Crippen molar-refractivity contribution in [3.63, 3.8) is 0 Å². The number of carbonyl (C=O) groups excluding carboxylic acids is 1. The number of amides is 1. The van der Waals surface area contributed by atoms with Gasteiger partial charge in [0, 0.05) is 54.2 Å². The predicted molar refractivity (Wildman–Crippen MR) is 186 cm³/mol. The monoisotopic (exact) mass is 611 g/mol. The third-order valence-corrected chi connectivity index (χ3v) is 10.2. The number of anilines is 1. The molecule has 45 heavy (non-hydrogen) atoms. The Morgan fingerprint density at radius 3 is 2.20 bits per heavy atom. The molecule has 1 saturated carbocycles. The molecule has 0 atom stereocenters. The van der Waals surface area contributed by atoms with Crippen molar-refractivity contribution in [3.8, 4) is 11.1 Å². The zero-order valence-electron chi connectivity index (χ0n) is 28.3. The molecule has 1 aliphatic carbocycles. The van der Waals surface area contributed by atoms with Gasteiger partial charge in [0.1, 0.15) is 0 Å². The lowest BCUT2D eigenvalue weighted by molar-refractivity contribution is 0.0950. The second kappa shape index (κ2) is 14.8. The molecule has 1 aliphatic heterocycles. The maximum Gasteiger partial charge on any atom is 0.253 e. The predicted octanol–water partition coefficient (Wildman–Crippen LogP) is 6.58. The minimum atomic E-state index is -0.149. The average molecular weight is 612 g/mol. The second-order valence-corrected chi connectivity index (χ2v) is 13.5. The summed E-state index contributed by atoms with van der Waals surface area (Å²) in [5, 5.41) is 3.08. The van der Waals surface area contributed by atoms with Crippen LogP contribution in [0.4, 0.5) is 5.69 Å². The maximum atomic E-state index is 13.9. The summed E-state index contributed by atoms with van der Waals surface area (Å²) >= 11 is 0. The van der Waals surface area contributed by atoms with Gasteiger partial charge in [-0.1, -0.05) is 30.7 Å². The lowest BCUT2D eigenvalue weighted by Crippen LogP contribution is -2.42. The van der Waals surface area contributed by atoms with E-state index < -0.39 is 0 Å². The molecule has 1 aromatic heterocycles. The van der Waals surface area contributed by atoms with E-state index in [1.165, 1.54) is 50.8 Å². The molecule has 3 aromatic rings. The Labute approximate surface area is 270 Å². The molecule has 0 radical (unpaired) electrons. The summed E-state index contributed by atoms with van der Waals surface area (Å²) in [5.41, 5.74) is 8.45. The quantitative estimate of drug-likeness (QED) is 0.271. The van der Waals surface area contributed by atoms with E-state index in [2.05, 4.69) is 83.3 Å². The van der Waals surface area contributed by atoms with Crippen molar-refractivity contribution in [1.29, 1.82) is 0 Å². The Morgan fingerprint density at radius 1 is 0.911 bits per heavy atom. The number of hydrogen-bond acceptors (Lipinski definition) is 5. The standard InChI is InChI=1S/C38H53N5O2/c1-7-43(33-17-15-32(16-18-33)41(5)6)36-23-31(30-13-11-29(12-14-30)25-42-19-9-8-10-20-42)22-34(28(36)4)37(44)39-24-35-26(2)21-27(3)40-38(35)45/h11-14,21-23,32-33H,7-10,15-20,24-25H2,1-6H3,(H,39,44)(H,40,45). The first-order valence-corrected chi connectivity index (χ1v) is 17.0. The highest BCUT2D eigenvalue weighted by atomic mass is 16.1. The van der Waals surface area contributed by atoms with Gasteiger partial charge in [0.05, 0.1) is 0 Å². The molecule has 2 N–H and O–H groups in total. The van der Waals surface area contributed by atoms with Crippen LogP contribution in [0.5, 0.6) is 0 Å². The Hall–Kier alpha value is -3.42. The van der Waals surface area contributed by atoms with E-state index in [9.17, 15) is 9.59 Å². The summed E-state index contributed by atoms with van der Waals surface area (Å²) in [4.78, 5) is 36.9. The fourth-order valence-corrected chi connectivity index (χ4v) is 7.45. The largest absolute Gasteiger partial charge is 0.369 e. The first-order chi connectivity index (χ1) is 21.6. The highest BCUT2D eigenvalue weighted by Crippen LogP contribution is 2.36. The fraction of sp³-hybridized carbons (Fsp3) is 0.526. The van der Waals surface area contributed by atoms with Crippen molar-refractivity contribution in [2.45, 2.75) is 97.8 Å². The van der Waals surface area contributed by atoms with Gasteiger partial charge >= 0.3 is 0 Å². The SMILES string of the molecule is CCN(c1cc(-c2ccc(CN3CCCCC3)cc2)cc(C(=O)NCc2c(C)cc(C)[nH]c2=O)c1C)C1CCC(N(C)C)CC1. The van der Waals surface area contributed by atoms with E-state index in [0.717, 1.165) is 59.6 Å². The topological polar surface area (TPSA) is 71.7 Å². The first-order valence-electron chi connectivity index (χ1n) is 17.0. The molecule has 2 aromatic carbocycles. The molecule has 2 aliphatic rings. The summed E-state index contributed by atoms with van der Waals surface area (Å²) in [7, 11) is 4.37. The smallest absolute Gasteiger partial charge is 0.253 e. The second-order valence-electron chi connectivity index (χ2n) is 13.5. The number of likely N-dealkylation sites (tertiary alicyclic amines) is 1. The highest BCUT2D eigenvalue weighted by molar-refractivity contribution is 5.99. The number of aromatic amines is 1. The van der Waals surface area contributed by atoms with E-state index in [1.807, 2.05) is 26.0 Å². The fourth-order valence-electron chi connectivity index (χ4n) is 7.45. The van der Waals surface area contributed by atoms with E-state index in [1.54, 1.807) is 0 Å². The number of carbonyl (C=O) groups is 1. The summed E-state index contributed by atoms with van der Waals surface area (Å²) in [6.07, 6.45) is 8.57. The molecular formula is C38H53N5O2. The molecule has 1 saturated heterocycles. The van der Waals surface area contributed by atoms with Crippen LogP contribution in [-0.2, 0) is 13.1 Å². The van der Waals surface area contributed by atoms with Crippen LogP contribution in [0.1, 0.15) is 90.2 Å². The highest BCUT2D eigenvalue weighted by Gasteiger charge is 2.28. The lowest BCUT2D eigenvalue weighted by atomic mass is 9.88. The minimum absolute atomic E-state index is 0.144. The first kappa shape index (κ1) is 33.0. The van der Waals surface area contributed by atoms with E-state index in [0.29, 0.717) is 23.2 Å². The number of nitrogens with one attached hydrogen (secondary N) is 2. The molecule has 7 nitrogen and oxygen atoms in total. The number of piperidine rings is 1. The molecule has 0 bridgehead atoms. The molecule has 5 rings (SSSR count). The van der Waals surface area contributed by atoms with Gasteiger partial charge in [-0.05, 0) is 139 Å². The van der Waals surface area contributed by atoms with Gasteiger partial charge in [-0.15, -0.1) is 0 Å². The minimum Gasteiger partial charge on any atom is -0.369 e. The van der Waals surface area contributed by atoms with Gasteiger partial charge in [0.15, 0.2) is 0 Å². The number of nitrogens with zero attached hydrogens (tertiary/aromatic N) is 3. The third kappa shape index (κ3) is 7.87. The van der Waals surface area contributed by atoms with Crippen LogP contribution in [0.2, 0.25) is 0 Å².